The highest BCUT2D eigenvalue weighted by atomic mass is 16.6. The van der Waals surface area contributed by atoms with Crippen molar-refractivity contribution in [2.24, 2.45) is 92.7 Å². The number of carbonyl (C=O) groups excluding carboxylic acids is 4. The first-order valence-electron chi connectivity index (χ1n) is 27.0. The summed E-state index contributed by atoms with van der Waals surface area (Å²) in [6.45, 7) is 15.0. The van der Waals surface area contributed by atoms with Crippen molar-refractivity contribution in [2.45, 2.75) is 220 Å². The van der Waals surface area contributed by atoms with Gasteiger partial charge >= 0.3 is 23.9 Å². The average molecular weight is 885 g/mol. The lowest BCUT2D eigenvalue weighted by Gasteiger charge is -2.63. The SMILES string of the molecule is CC1CCC(=O)O[C@@H]2CC[C@@]3(C)[C@@H](C2)C[C@H]2OC(=O)CCC=CCCC(=O)O[C@@H]4C[C@@H]5C[C@@H](CC[C@]5(C)[C@H]5CC[C@]6(C)[C@@H]1CC[C@H]6[C@H]45)OC(=O)CC[C@@H](C)[C@H]1CC[C@H]4[C@H]2[C@@H]3CC[C@]14C. The van der Waals surface area contributed by atoms with Crippen LogP contribution >= 0.6 is 0 Å². The molecular formula is C56H84O8. The molecule has 0 aromatic rings. The van der Waals surface area contributed by atoms with Crippen LogP contribution in [-0.2, 0) is 38.1 Å². The smallest absolute Gasteiger partial charge is 0.306 e. The molecule has 8 heteroatoms. The summed E-state index contributed by atoms with van der Waals surface area (Å²) in [6, 6.07) is 0. The van der Waals surface area contributed by atoms with Gasteiger partial charge in [0.1, 0.15) is 24.4 Å². The van der Waals surface area contributed by atoms with Crippen LogP contribution in [-0.4, -0.2) is 48.3 Å². The van der Waals surface area contributed by atoms with Crippen molar-refractivity contribution >= 4 is 23.9 Å². The van der Waals surface area contributed by atoms with Crippen LogP contribution < -0.4 is 0 Å². The Bertz CT molecular complexity index is 1700. The van der Waals surface area contributed by atoms with Crippen LogP contribution in [0.4, 0.5) is 0 Å². The van der Waals surface area contributed by atoms with Gasteiger partial charge in [-0.1, -0.05) is 53.7 Å². The number of esters is 4. The fourth-order valence-corrected chi connectivity index (χ4v) is 19.4. The van der Waals surface area contributed by atoms with Gasteiger partial charge in [0.25, 0.3) is 0 Å². The summed E-state index contributed by atoms with van der Waals surface area (Å²) >= 11 is 0. The molecule has 8 nitrogen and oxygen atoms in total. The van der Waals surface area contributed by atoms with Crippen LogP contribution in [0.25, 0.3) is 0 Å². The number of hydrogen-bond acceptors (Lipinski definition) is 8. The van der Waals surface area contributed by atoms with Gasteiger partial charge in [0, 0.05) is 37.5 Å². The Balaban J connectivity index is 1.00. The molecule has 8 saturated carbocycles. The van der Waals surface area contributed by atoms with E-state index in [1.807, 2.05) is 0 Å². The van der Waals surface area contributed by atoms with Crippen LogP contribution in [0.1, 0.15) is 196 Å². The van der Waals surface area contributed by atoms with Gasteiger partial charge in [0.05, 0.1) is 0 Å². The van der Waals surface area contributed by atoms with Crippen LogP contribution in [0.3, 0.4) is 0 Å². The van der Waals surface area contributed by atoms with E-state index in [9.17, 15) is 19.2 Å². The summed E-state index contributed by atoms with van der Waals surface area (Å²) in [5.74, 6) is 4.73. The van der Waals surface area contributed by atoms with Crippen molar-refractivity contribution in [3.05, 3.63) is 12.2 Å². The summed E-state index contributed by atoms with van der Waals surface area (Å²) in [4.78, 5) is 55.6. The largest absolute Gasteiger partial charge is 0.462 e. The number of hydrogen-bond donors (Lipinski definition) is 0. The van der Waals surface area contributed by atoms with E-state index in [1.165, 1.54) is 25.7 Å². The minimum Gasteiger partial charge on any atom is -0.462 e. The lowest BCUT2D eigenvalue weighted by atomic mass is 9.43. The standard InChI is InChI=1S/C56H84O8/c1-33-13-19-49(59)61-37-21-25-54(4)35(29-37)32-46-52-42-18-16-40(56(42,6)28-24-44(52)54)34(2)14-20-50(60)62-38-22-26-53(3)36(30-38)31-45(63-47(57)11-9-7-8-10-12-48(58)64-46)51-41-17-15-39(33)55(41,5)27-23-43(51)53/h7-8,33-46,51-52H,9-32H2,1-6H3/t33-,34?,35+,36+,37-,38-,39-,40-,41+,42+,43+,44+,45-,46-,51+,52+,53+,54+,55-,56-/m1/s1. The molecular weight excluding hydrogens is 801 g/mol. The Morgan fingerprint density at radius 2 is 0.766 bits per heavy atom. The number of allylic oxidation sites excluding steroid dienone is 2. The van der Waals surface area contributed by atoms with E-state index < -0.39 is 0 Å². The maximum Gasteiger partial charge on any atom is 0.306 e. The molecule has 0 N–H and O–H groups in total. The van der Waals surface area contributed by atoms with Crippen molar-refractivity contribution < 1.29 is 38.1 Å². The van der Waals surface area contributed by atoms with E-state index in [0.717, 1.165) is 89.9 Å². The molecule has 0 radical (unpaired) electrons. The van der Waals surface area contributed by atoms with Crippen LogP contribution in [0.15, 0.2) is 12.2 Å². The zero-order valence-electron chi connectivity index (χ0n) is 40.6. The Kier molecular flexibility index (Phi) is 12.3. The highest BCUT2D eigenvalue weighted by molar-refractivity contribution is 5.71. The van der Waals surface area contributed by atoms with E-state index in [4.69, 9.17) is 18.9 Å². The third-order valence-electron chi connectivity index (χ3n) is 22.7. The van der Waals surface area contributed by atoms with E-state index in [1.54, 1.807) is 0 Å². The fraction of sp³-hybridized carbons (Fsp3) is 0.893. The van der Waals surface area contributed by atoms with Crippen molar-refractivity contribution in [2.75, 3.05) is 0 Å². The Hall–Kier alpha value is -2.38. The number of fused-ring (bicyclic) bond motifs is 12. The molecule has 0 aromatic heterocycles. The third-order valence-corrected chi connectivity index (χ3v) is 22.7. The zero-order valence-corrected chi connectivity index (χ0v) is 40.6. The van der Waals surface area contributed by atoms with Gasteiger partial charge in [-0.25, -0.2) is 0 Å². The number of carbonyl (C=O) groups is 4. The summed E-state index contributed by atoms with van der Waals surface area (Å²) in [7, 11) is 0. The summed E-state index contributed by atoms with van der Waals surface area (Å²) in [6.07, 6.45) is 24.8. The van der Waals surface area contributed by atoms with Gasteiger partial charge in [-0.15, -0.1) is 0 Å². The molecule has 0 amide bonds. The van der Waals surface area contributed by atoms with Gasteiger partial charge in [-0.05, 0) is 209 Å². The van der Waals surface area contributed by atoms with E-state index >= 15 is 0 Å². The van der Waals surface area contributed by atoms with Gasteiger partial charge in [-0.2, -0.15) is 0 Å². The first-order valence-corrected chi connectivity index (χ1v) is 27.0. The maximum atomic E-state index is 13.9. The van der Waals surface area contributed by atoms with Crippen molar-refractivity contribution in [3.8, 4) is 0 Å². The maximum absolute atomic E-state index is 13.9. The molecule has 2 heterocycles. The summed E-state index contributed by atoms with van der Waals surface area (Å²) in [5, 5.41) is 0. The molecule has 8 aliphatic carbocycles. The monoisotopic (exact) mass is 885 g/mol. The quantitative estimate of drug-likeness (QED) is 0.135. The van der Waals surface area contributed by atoms with Crippen LogP contribution in [0.2, 0.25) is 0 Å². The second kappa shape index (κ2) is 17.3. The second-order valence-electron chi connectivity index (χ2n) is 25.3. The Morgan fingerprint density at radius 3 is 1.19 bits per heavy atom. The van der Waals surface area contributed by atoms with Crippen LogP contribution in [0.5, 0.6) is 0 Å². The summed E-state index contributed by atoms with van der Waals surface area (Å²) < 4.78 is 26.4. The van der Waals surface area contributed by atoms with Crippen LogP contribution in [0, 0.1) is 92.7 Å². The zero-order chi connectivity index (χ0) is 44.8. The fourth-order valence-electron chi connectivity index (χ4n) is 19.4. The van der Waals surface area contributed by atoms with Crippen molar-refractivity contribution in [3.63, 3.8) is 0 Å². The molecule has 8 fully saturated rings. The predicted octanol–water partition coefficient (Wildman–Crippen LogP) is 12.1. The molecule has 10 rings (SSSR count). The van der Waals surface area contributed by atoms with Crippen molar-refractivity contribution in [1.29, 1.82) is 0 Å². The summed E-state index contributed by atoms with van der Waals surface area (Å²) in [5.41, 5.74) is 0.522. The minimum absolute atomic E-state index is 0.0358. The van der Waals surface area contributed by atoms with E-state index in [0.29, 0.717) is 110 Å². The topological polar surface area (TPSA) is 105 Å². The lowest BCUT2D eigenvalue weighted by molar-refractivity contribution is -0.199. The molecule has 0 saturated heterocycles. The molecule has 10 aliphatic rings. The lowest BCUT2D eigenvalue weighted by Crippen LogP contribution is -2.59. The molecule has 1 unspecified atom stereocenters. The Morgan fingerprint density at radius 1 is 0.406 bits per heavy atom. The molecule has 0 spiro atoms. The molecule has 0 aromatic carbocycles. The minimum atomic E-state index is -0.144. The van der Waals surface area contributed by atoms with Gasteiger partial charge in [-0.3, -0.25) is 19.2 Å². The Labute approximate surface area is 385 Å². The number of ether oxygens (including phenoxy) is 4. The normalized spacial score (nSPS) is 52.2. The predicted molar refractivity (Wildman–Crippen MR) is 245 cm³/mol. The van der Waals surface area contributed by atoms with Gasteiger partial charge < -0.3 is 18.9 Å². The molecule has 2 aliphatic heterocycles. The van der Waals surface area contributed by atoms with Gasteiger partial charge in [0.15, 0.2) is 0 Å². The molecule has 14 bridgehead atoms. The van der Waals surface area contributed by atoms with Gasteiger partial charge in [0.2, 0.25) is 0 Å². The average Bonchev–Trinajstić information content (AvgIpc) is 3.80. The highest BCUT2D eigenvalue weighted by Gasteiger charge is 2.66. The molecule has 356 valence electrons. The third kappa shape index (κ3) is 7.75. The second-order valence-corrected chi connectivity index (χ2v) is 25.3. The highest BCUT2D eigenvalue weighted by Crippen LogP contribution is 2.71. The van der Waals surface area contributed by atoms with Crippen molar-refractivity contribution in [1.82, 2.24) is 0 Å². The van der Waals surface area contributed by atoms with E-state index in [-0.39, 0.29) is 70.0 Å². The molecule has 64 heavy (non-hydrogen) atoms. The molecule has 20 atom stereocenters. The first kappa shape index (κ1) is 45.4. The number of rotatable bonds is 0. The first-order chi connectivity index (χ1) is 30.6. The van der Waals surface area contributed by atoms with E-state index in [2.05, 4.69) is 53.7 Å².